The van der Waals surface area contributed by atoms with Gasteiger partial charge in [-0.2, -0.15) is 0 Å². The van der Waals surface area contributed by atoms with E-state index in [4.69, 9.17) is 5.73 Å². The highest BCUT2D eigenvalue weighted by Gasteiger charge is 2.21. The molecule has 3 rings (SSSR count). The molecule has 1 saturated carbocycles. The van der Waals surface area contributed by atoms with Crippen molar-refractivity contribution in [3.63, 3.8) is 0 Å². The van der Waals surface area contributed by atoms with Crippen LogP contribution in [0.4, 0.5) is 5.69 Å². The molecular weight excluding hydrogens is 238 g/mol. The summed E-state index contributed by atoms with van der Waals surface area (Å²) in [6, 6.07) is 6.55. The van der Waals surface area contributed by atoms with E-state index in [9.17, 15) is 4.79 Å². The third kappa shape index (κ3) is 2.73. The molecule has 1 fully saturated rings. The number of amides is 1. The van der Waals surface area contributed by atoms with Gasteiger partial charge in [0.25, 0.3) is 5.91 Å². The van der Waals surface area contributed by atoms with Crippen LogP contribution in [-0.2, 0) is 6.42 Å². The zero-order valence-corrected chi connectivity index (χ0v) is 11.1. The maximum absolute atomic E-state index is 12.2. The summed E-state index contributed by atoms with van der Waals surface area (Å²) in [5.74, 6) is 0.0389. The Morgan fingerprint density at radius 1 is 1.26 bits per heavy atom. The van der Waals surface area contributed by atoms with E-state index in [1.165, 1.54) is 5.56 Å². The number of benzene rings is 1. The summed E-state index contributed by atoms with van der Waals surface area (Å²) in [5, 5.41) is 6.43. The Bertz CT molecular complexity index is 478. The van der Waals surface area contributed by atoms with Crippen LogP contribution >= 0.6 is 0 Å². The average Bonchev–Trinajstić information content (AvgIpc) is 2.88. The van der Waals surface area contributed by atoms with Gasteiger partial charge in [0.1, 0.15) is 0 Å². The molecule has 4 heteroatoms. The van der Waals surface area contributed by atoms with Crippen molar-refractivity contribution in [3.8, 4) is 0 Å². The Morgan fingerprint density at radius 2 is 2.05 bits per heavy atom. The van der Waals surface area contributed by atoms with Crippen molar-refractivity contribution >= 4 is 11.6 Å². The van der Waals surface area contributed by atoms with Crippen LogP contribution in [0.25, 0.3) is 0 Å². The number of fused-ring (bicyclic) bond motifs is 1. The predicted molar refractivity (Wildman–Crippen MR) is 76.3 cm³/mol. The zero-order valence-electron chi connectivity index (χ0n) is 11.1. The van der Waals surface area contributed by atoms with E-state index in [0.717, 1.165) is 49.9 Å². The first kappa shape index (κ1) is 12.5. The minimum Gasteiger partial charge on any atom is -0.384 e. The third-order valence-electron chi connectivity index (χ3n) is 4.19. The smallest absolute Gasteiger partial charge is 0.251 e. The molecule has 0 atom stereocenters. The van der Waals surface area contributed by atoms with Gasteiger partial charge in [0.2, 0.25) is 0 Å². The molecule has 0 bridgehead atoms. The molecule has 0 radical (unpaired) electrons. The van der Waals surface area contributed by atoms with Crippen LogP contribution in [0.2, 0.25) is 0 Å². The summed E-state index contributed by atoms with van der Waals surface area (Å²) >= 11 is 0. The number of carbonyl (C=O) groups excluding carboxylic acids is 1. The monoisotopic (exact) mass is 259 g/mol. The van der Waals surface area contributed by atoms with Crippen molar-refractivity contribution in [3.05, 3.63) is 29.3 Å². The highest BCUT2D eigenvalue weighted by atomic mass is 16.1. The Hall–Kier alpha value is -1.55. The second kappa shape index (κ2) is 5.21. The van der Waals surface area contributed by atoms with Crippen LogP contribution in [0.15, 0.2) is 18.2 Å². The van der Waals surface area contributed by atoms with E-state index in [-0.39, 0.29) is 11.9 Å². The lowest BCUT2D eigenvalue weighted by Crippen LogP contribution is -2.40. The van der Waals surface area contributed by atoms with Crippen LogP contribution in [0.3, 0.4) is 0 Å². The van der Waals surface area contributed by atoms with Gasteiger partial charge in [0.05, 0.1) is 0 Å². The highest BCUT2D eigenvalue weighted by molar-refractivity contribution is 5.95. The van der Waals surface area contributed by atoms with Crippen molar-refractivity contribution in [1.82, 2.24) is 5.32 Å². The lowest BCUT2D eigenvalue weighted by molar-refractivity contribution is 0.0926. The van der Waals surface area contributed by atoms with E-state index >= 15 is 0 Å². The maximum atomic E-state index is 12.2. The van der Waals surface area contributed by atoms with Crippen molar-refractivity contribution in [2.45, 2.75) is 44.2 Å². The topological polar surface area (TPSA) is 67.1 Å². The third-order valence-corrected chi connectivity index (χ3v) is 4.19. The normalized spacial score (nSPS) is 25.5. The molecule has 2 aliphatic rings. The molecule has 1 aliphatic carbocycles. The molecule has 0 aromatic heterocycles. The van der Waals surface area contributed by atoms with Crippen LogP contribution in [-0.4, -0.2) is 24.5 Å². The minimum absolute atomic E-state index is 0.0389. The largest absolute Gasteiger partial charge is 0.384 e. The van der Waals surface area contributed by atoms with Gasteiger partial charge in [-0.3, -0.25) is 4.79 Å². The van der Waals surface area contributed by atoms with Gasteiger partial charge < -0.3 is 16.4 Å². The molecule has 0 spiro atoms. The fourth-order valence-electron chi connectivity index (χ4n) is 2.96. The molecule has 1 aromatic rings. The minimum atomic E-state index is 0.0389. The number of hydrogen-bond donors (Lipinski definition) is 3. The molecule has 19 heavy (non-hydrogen) atoms. The second-order valence-corrected chi connectivity index (χ2v) is 5.63. The molecule has 0 unspecified atom stereocenters. The Kier molecular flexibility index (Phi) is 3.42. The van der Waals surface area contributed by atoms with Crippen molar-refractivity contribution in [1.29, 1.82) is 0 Å². The van der Waals surface area contributed by atoms with Crippen LogP contribution in [0, 0.1) is 0 Å². The zero-order chi connectivity index (χ0) is 13.2. The van der Waals surface area contributed by atoms with Crippen molar-refractivity contribution in [2.75, 3.05) is 11.9 Å². The van der Waals surface area contributed by atoms with Gasteiger partial charge in [0.15, 0.2) is 0 Å². The summed E-state index contributed by atoms with van der Waals surface area (Å²) in [6.45, 7) is 0.973. The Balaban J connectivity index is 1.64. The lowest BCUT2D eigenvalue weighted by atomic mass is 9.91. The van der Waals surface area contributed by atoms with E-state index in [1.807, 2.05) is 12.1 Å². The number of hydrogen-bond acceptors (Lipinski definition) is 3. The van der Waals surface area contributed by atoms with E-state index in [1.54, 1.807) is 0 Å². The number of nitrogens with two attached hydrogens (primary N) is 1. The summed E-state index contributed by atoms with van der Waals surface area (Å²) in [6.07, 6.45) is 5.07. The van der Waals surface area contributed by atoms with E-state index in [2.05, 4.69) is 16.7 Å². The summed E-state index contributed by atoms with van der Waals surface area (Å²) in [7, 11) is 0. The average molecular weight is 259 g/mol. The number of anilines is 1. The van der Waals surface area contributed by atoms with E-state index in [0.29, 0.717) is 6.04 Å². The molecule has 1 amide bonds. The van der Waals surface area contributed by atoms with Crippen LogP contribution in [0.5, 0.6) is 0 Å². The van der Waals surface area contributed by atoms with Gasteiger partial charge >= 0.3 is 0 Å². The molecule has 4 nitrogen and oxygen atoms in total. The fraction of sp³-hybridized carbons (Fsp3) is 0.533. The summed E-state index contributed by atoms with van der Waals surface area (Å²) in [5.41, 5.74) is 9.05. The molecule has 4 N–H and O–H groups in total. The molecule has 1 aromatic carbocycles. The number of rotatable bonds is 2. The molecular formula is C15H21N3O. The van der Waals surface area contributed by atoms with Gasteiger partial charge in [-0.15, -0.1) is 0 Å². The van der Waals surface area contributed by atoms with Gasteiger partial charge in [-0.25, -0.2) is 0 Å². The van der Waals surface area contributed by atoms with Crippen molar-refractivity contribution in [2.24, 2.45) is 5.73 Å². The van der Waals surface area contributed by atoms with Crippen molar-refractivity contribution < 1.29 is 4.79 Å². The molecule has 0 saturated heterocycles. The Labute approximate surface area is 113 Å². The predicted octanol–water partition coefficient (Wildman–Crippen LogP) is 1.65. The number of nitrogens with one attached hydrogen (secondary N) is 2. The molecule has 1 aliphatic heterocycles. The van der Waals surface area contributed by atoms with E-state index < -0.39 is 0 Å². The van der Waals surface area contributed by atoms with Gasteiger partial charge in [-0.1, -0.05) is 6.07 Å². The first-order valence-electron chi connectivity index (χ1n) is 7.15. The maximum Gasteiger partial charge on any atom is 0.251 e. The Morgan fingerprint density at radius 3 is 2.84 bits per heavy atom. The first-order valence-corrected chi connectivity index (χ1v) is 7.15. The summed E-state index contributed by atoms with van der Waals surface area (Å²) < 4.78 is 0. The fourth-order valence-corrected chi connectivity index (χ4v) is 2.96. The van der Waals surface area contributed by atoms with Gasteiger partial charge in [-0.05, 0) is 49.8 Å². The first-order chi connectivity index (χ1) is 9.22. The quantitative estimate of drug-likeness (QED) is 0.756. The number of carbonyl (C=O) groups is 1. The van der Waals surface area contributed by atoms with Crippen LogP contribution < -0.4 is 16.4 Å². The molecule has 1 heterocycles. The second-order valence-electron chi connectivity index (χ2n) is 5.63. The highest BCUT2D eigenvalue weighted by Crippen LogP contribution is 2.23. The SMILES string of the molecule is NC1CCC(NC(=O)c2ccc3c(c2)NCC3)CC1. The standard InChI is InChI=1S/C15H21N3O/c16-12-3-5-13(6-4-12)18-15(19)11-2-1-10-7-8-17-14(10)9-11/h1-2,9,12-13,17H,3-8,16H2,(H,18,19). The van der Waals surface area contributed by atoms with Crippen LogP contribution in [0.1, 0.15) is 41.6 Å². The van der Waals surface area contributed by atoms with Gasteiger partial charge in [0, 0.05) is 29.9 Å². The summed E-state index contributed by atoms with van der Waals surface area (Å²) in [4.78, 5) is 12.2. The lowest BCUT2D eigenvalue weighted by Gasteiger charge is -2.26. The molecule has 102 valence electrons.